The van der Waals surface area contributed by atoms with Gasteiger partial charge in [0.15, 0.2) is 0 Å². The minimum Gasteiger partial charge on any atom is -0.492 e. The van der Waals surface area contributed by atoms with E-state index in [2.05, 4.69) is 10.2 Å². The van der Waals surface area contributed by atoms with Crippen molar-refractivity contribution in [2.24, 2.45) is 0 Å². The molecule has 130 valence electrons. The summed E-state index contributed by atoms with van der Waals surface area (Å²) in [7, 11) is 0. The first-order chi connectivity index (χ1) is 11.4. The van der Waals surface area contributed by atoms with E-state index in [9.17, 15) is 9.59 Å². The molecular weight excluding hydrogens is 306 g/mol. The van der Waals surface area contributed by atoms with Crippen molar-refractivity contribution in [3.63, 3.8) is 0 Å². The molecule has 1 aromatic rings. The van der Waals surface area contributed by atoms with E-state index >= 15 is 0 Å². The lowest BCUT2D eigenvalue weighted by Crippen LogP contribution is -2.49. The molecule has 1 N–H and O–H groups in total. The third-order valence-corrected chi connectivity index (χ3v) is 4.72. The van der Waals surface area contributed by atoms with Gasteiger partial charge in [-0.2, -0.15) is 0 Å². The lowest BCUT2D eigenvalue weighted by molar-refractivity contribution is -0.132. The van der Waals surface area contributed by atoms with E-state index in [1.807, 2.05) is 45.0 Å². The topological polar surface area (TPSA) is 61.9 Å². The SMILES string of the molecule is Cc1cccc(OCCN2CC[C@@]3(C2)NC(=O)N(C(C)C)C3=O)c1. The standard InChI is InChI=1S/C18H25N3O3/c1-13(2)21-16(22)18(19-17(21)23)7-8-20(12-18)9-10-24-15-6-4-5-14(3)11-15/h4-6,11,13H,7-10,12H2,1-3H3,(H,19,23)/t18-/m0/s1. The average molecular weight is 331 g/mol. The Morgan fingerprint density at radius 3 is 2.79 bits per heavy atom. The highest BCUT2D eigenvalue weighted by atomic mass is 16.5. The molecule has 1 spiro atoms. The molecule has 2 saturated heterocycles. The van der Waals surface area contributed by atoms with Gasteiger partial charge >= 0.3 is 6.03 Å². The Kier molecular flexibility index (Phi) is 4.49. The number of amides is 3. The fourth-order valence-electron chi connectivity index (χ4n) is 3.46. The van der Waals surface area contributed by atoms with Crippen LogP contribution in [-0.4, -0.2) is 59.6 Å². The summed E-state index contributed by atoms with van der Waals surface area (Å²) in [4.78, 5) is 28.2. The Labute approximate surface area is 142 Å². The molecule has 3 rings (SSSR count). The van der Waals surface area contributed by atoms with Gasteiger partial charge in [0, 0.05) is 25.7 Å². The van der Waals surface area contributed by atoms with Crippen molar-refractivity contribution in [2.45, 2.75) is 38.8 Å². The first kappa shape index (κ1) is 16.8. The minimum absolute atomic E-state index is 0.0930. The molecule has 1 aromatic carbocycles. The van der Waals surface area contributed by atoms with Crippen LogP contribution in [-0.2, 0) is 4.79 Å². The van der Waals surface area contributed by atoms with Gasteiger partial charge in [-0.1, -0.05) is 12.1 Å². The molecule has 0 unspecified atom stereocenters. The second-order valence-electron chi connectivity index (χ2n) is 6.97. The first-order valence-corrected chi connectivity index (χ1v) is 8.49. The molecule has 0 radical (unpaired) electrons. The summed E-state index contributed by atoms with van der Waals surface area (Å²) in [5.74, 6) is 0.768. The minimum atomic E-state index is -0.745. The van der Waals surface area contributed by atoms with Crippen LogP contribution >= 0.6 is 0 Å². The quantitative estimate of drug-likeness (QED) is 0.836. The number of hydrogen-bond donors (Lipinski definition) is 1. The molecule has 1 atom stereocenters. The summed E-state index contributed by atoms with van der Waals surface area (Å²) in [6, 6.07) is 7.57. The lowest BCUT2D eigenvalue weighted by Gasteiger charge is -2.23. The Morgan fingerprint density at radius 1 is 1.33 bits per heavy atom. The molecule has 6 nitrogen and oxygen atoms in total. The van der Waals surface area contributed by atoms with Gasteiger partial charge in [-0.3, -0.25) is 14.6 Å². The van der Waals surface area contributed by atoms with Crippen molar-refractivity contribution in [1.82, 2.24) is 15.1 Å². The van der Waals surface area contributed by atoms with Crippen molar-refractivity contribution in [3.05, 3.63) is 29.8 Å². The highest BCUT2D eigenvalue weighted by Gasteiger charge is 2.55. The van der Waals surface area contributed by atoms with Crippen LogP contribution < -0.4 is 10.1 Å². The Morgan fingerprint density at radius 2 is 2.12 bits per heavy atom. The zero-order chi connectivity index (χ0) is 17.3. The van der Waals surface area contributed by atoms with E-state index in [0.29, 0.717) is 19.6 Å². The summed E-state index contributed by atoms with van der Waals surface area (Å²) in [6.07, 6.45) is 0.658. The largest absolute Gasteiger partial charge is 0.492 e. The van der Waals surface area contributed by atoms with Gasteiger partial charge < -0.3 is 10.1 Å². The number of hydrogen-bond acceptors (Lipinski definition) is 4. The van der Waals surface area contributed by atoms with Crippen LogP contribution in [0, 0.1) is 6.92 Å². The van der Waals surface area contributed by atoms with Gasteiger partial charge in [0.2, 0.25) is 0 Å². The molecule has 2 fully saturated rings. The van der Waals surface area contributed by atoms with Gasteiger partial charge in [-0.25, -0.2) is 4.79 Å². The summed E-state index contributed by atoms with van der Waals surface area (Å²) < 4.78 is 5.78. The fraction of sp³-hybridized carbons (Fsp3) is 0.556. The number of benzene rings is 1. The van der Waals surface area contributed by atoms with Crippen molar-refractivity contribution >= 4 is 11.9 Å². The molecule has 2 heterocycles. The number of carbonyl (C=O) groups excluding carboxylic acids is 2. The van der Waals surface area contributed by atoms with Crippen LogP contribution in [0.1, 0.15) is 25.8 Å². The van der Waals surface area contributed by atoms with E-state index < -0.39 is 5.54 Å². The Balaban J connectivity index is 1.54. The predicted octanol–water partition coefficient (Wildman–Crippen LogP) is 1.78. The van der Waals surface area contributed by atoms with Crippen LogP contribution in [0.5, 0.6) is 5.75 Å². The molecule has 6 heteroatoms. The van der Waals surface area contributed by atoms with Crippen molar-refractivity contribution in [1.29, 1.82) is 0 Å². The summed E-state index contributed by atoms with van der Waals surface area (Å²) in [5, 5.41) is 2.91. The lowest BCUT2D eigenvalue weighted by atomic mass is 9.99. The summed E-state index contributed by atoms with van der Waals surface area (Å²) in [5.41, 5.74) is 0.422. The number of rotatable bonds is 5. The van der Waals surface area contributed by atoms with Crippen molar-refractivity contribution in [3.8, 4) is 5.75 Å². The second-order valence-corrected chi connectivity index (χ2v) is 6.97. The highest BCUT2D eigenvalue weighted by molar-refractivity contribution is 6.07. The molecule has 2 aliphatic rings. The van der Waals surface area contributed by atoms with Crippen LogP contribution in [0.2, 0.25) is 0 Å². The maximum Gasteiger partial charge on any atom is 0.325 e. The van der Waals surface area contributed by atoms with Crippen molar-refractivity contribution < 1.29 is 14.3 Å². The van der Waals surface area contributed by atoms with Gasteiger partial charge in [0.05, 0.1) is 0 Å². The number of nitrogens with zero attached hydrogens (tertiary/aromatic N) is 2. The second kappa shape index (κ2) is 6.43. The van der Waals surface area contributed by atoms with E-state index in [1.165, 1.54) is 10.5 Å². The average Bonchev–Trinajstić information content (AvgIpc) is 3.01. The molecular formula is C18H25N3O3. The molecule has 24 heavy (non-hydrogen) atoms. The molecule has 0 aliphatic carbocycles. The Bertz CT molecular complexity index is 646. The molecule has 0 saturated carbocycles. The zero-order valence-corrected chi connectivity index (χ0v) is 14.5. The monoisotopic (exact) mass is 331 g/mol. The number of likely N-dealkylation sites (tertiary alicyclic amines) is 1. The van der Waals surface area contributed by atoms with Gasteiger partial charge in [0.1, 0.15) is 17.9 Å². The summed E-state index contributed by atoms with van der Waals surface area (Å²) in [6.45, 7) is 8.40. The third-order valence-electron chi connectivity index (χ3n) is 4.72. The van der Waals surface area contributed by atoms with Gasteiger partial charge in [0.25, 0.3) is 5.91 Å². The number of carbonyl (C=O) groups is 2. The molecule has 3 amide bonds. The van der Waals surface area contributed by atoms with Crippen LogP contribution in [0.4, 0.5) is 4.79 Å². The molecule has 0 bridgehead atoms. The van der Waals surface area contributed by atoms with Crippen LogP contribution in [0.15, 0.2) is 24.3 Å². The fourth-order valence-corrected chi connectivity index (χ4v) is 3.46. The van der Waals surface area contributed by atoms with Crippen molar-refractivity contribution in [2.75, 3.05) is 26.2 Å². The normalized spacial score (nSPS) is 24.2. The molecule has 2 aliphatic heterocycles. The number of urea groups is 1. The summed E-state index contributed by atoms with van der Waals surface area (Å²) >= 11 is 0. The smallest absolute Gasteiger partial charge is 0.325 e. The van der Waals surface area contributed by atoms with E-state index in [0.717, 1.165) is 18.8 Å². The van der Waals surface area contributed by atoms with Gasteiger partial charge in [-0.05, 0) is 44.9 Å². The van der Waals surface area contributed by atoms with Crippen LogP contribution in [0.25, 0.3) is 0 Å². The maximum atomic E-state index is 12.6. The zero-order valence-electron chi connectivity index (χ0n) is 14.5. The third kappa shape index (κ3) is 3.11. The Hall–Kier alpha value is -2.08. The maximum absolute atomic E-state index is 12.6. The number of aryl methyl sites for hydroxylation is 1. The predicted molar refractivity (Wildman–Crippen MR) is 91.0 cm³/mol. The van der Waals surface area contributed by atoms with E-state index in [-0.39, 0.29) is 18.0 Å². The van der Waals surface area contributed by atoms with Gasteiger partial charge in [-0.15, -0.1) is 0 Å². The van der Waals surface area contributed by atoms with Crippen LogP contribution in [0.3, 0.4) is 0 Å². The number of ether oxygens (including phenoxy) is 1. The number of nitrogens with one attached hydrogen (secondary N) is 1. The van der Waals surface area contributed by atoms with E-state index in [1.54, 1.807) is 0 Å². The molecule has 0 aromatic heterocycles. The first-order valence-electron chi connectivity index (χ1n) is 8.49. The number of imide groups is 1. The van der Waals surface area contributed by atoms with E-state index in [4.69, 9.17) is 4.74 Å². The highest BCUT2D eigenvalue weighted by Crippen LogP contribution is 2.29.